The molecule has 0 radical (unpaired) electrons. The van der Waals surface area contributed by atoms with Gasteiger partial charge in [0.1, 0.15) is 5.56 Å². The summed E-state index contributed by atoms with van der Waals surface area (Å²) < 4.78 is 5.01. The van der Waals surface area contributed by atoms with Gasteiger partial charge in [-0.15, -0.1) is 0 Å². The Morgan fingerprint density at radius 2 is 2.00 bits per heavy atom. The van der Waals surface area contributed by atoms with Crippen LogP contribution < -0.4 is 10.9 Å². The lowest BCUT2D eigenvalue weighted by Gasteiger charge is -2.26. The van der Waals surface area contributed by atoms with Crippen LogP contribution in [0.4, 0.5) is 0 Å². The Morgan fingerprint density at radius 3 is 2.64 bits per heavy atom. The highest BCUT2D eigenvalue weighted by molar-refractivity contribution is 5.99. The largest absolute Gasteiger partial charge is 0.377 e. The predicted octanol–water partition coefficient (Wildman–Crippen LogP) is 0.776. The molecule has 1 saturated heterocycles. The van der Waals surface area contributed by atoms with Crippen LogP contribution in [0, 0.1) is 0 Å². The Balaban J connectivity index is 1.75. The maximum absolute atomic E-state index is 12.6. The second-order valence-electron chi connectivity index (χ2n) is 5.99. The van der Waals surface area contributed by atoms with Gasteiger partial charge in [-0.2, -0.15) is 0 Å². The number of H-pyrrole nitrogens is 1. The Labute approximate surface area is 144 Å². The molecule has 0 aliphatic carbocycles. The standard InChI is InChI=1S/C18H19N3O4/c1-21(9-12-5-3-2-4-6-12)18(24)15-7-13(8-19-17(15)23)16(22)20-14-10-25-11-14/h2-8,14H,9-11H2,1H3,(H,19,23)(H,20,22). The zero-order valence-electron chi connectivity index (χ0n) is 13.8. The van der Waals surface area contributed by atoms with Crippen molar-refractivity contribution in [3.8, 4) is 0 Å². The lowest BCUT2D eigenvalue weighted by Crippen LogP contribution is -2.48. The van der Waals surface area contributed by atoms with E-state index in [0.29, 0.717) is 19.8 Å². The maximum atomic E-state index is 12.6. The first-order valence-corrected chi connectivity index (χ1v) is 7.95. The van der Waals surface area contributed by atoms with E-state index in [1.54, 1.807) is 7.05 Å². The van der Waals surface area contributed by atoms with Crippen molar-refractivity contribution < 1.29 is 14.3 Å². The van der Waals surface area contributed by atoms with Gasteiger partial charge in [0, 0.05) is 19.8 Å². The minimum Gasteiger partial charge on any atom is -0.377 e. The number of hydrogen-bond donors (Lipinski definition) is 2. The van der Waals surface area contributed by atoms with Gasteiger partial charge in [-0.05, 0) is 11.6 Å². The molecule has 3 rings (SSSR count). The highest BCUT2D eigenvalue weighted by Crippen LogP contribution is 2.08. The molecule has 1 aromatic heterocycles. The van der Waals surface area contributed by atoms with E-state index >= 15 is 0 Å². The van der Waals surface area contributed by atoms with Gasteiger partial charge in [0.25, 0.3) is 17.4 Å². The van der Waals surface area contributed by atoms with Gasteiger partial charge >= 0.3 is 0 Å². The third kappa shape index (κ3) is 3.95. The predicted molar refractivity (Wildman–Crippen MR) is 91.4 cm³/mol. The van der Waals surface area contributed by atoms with Crippen LogP contribution in [0.1, 0.15) is 26.3 Å². The molecule has 0 atom stereocenters. The summed E-state index contributed by atoms with van der Waals surface area (Å²) in [7, 11) is 1.62. The van der Waals surface area contributed by atoms with Crippen LogP contribution in [-0.2, 0) is 11.3 Å². The molecule has 0 bridgehead atoms. The summed E-state index contributed by atoms with van der Waals surface area (Å²) in [4.78, 5) is 40.7. The number of carbonyl (C=O) groups is 2. The molecule has 0 unspecified atom stereocenters. The number of pyridine rings is 1. The van der Waals surface area contributed by atoms with Crippen molar-refractivity contribution in [3.05, 3.63) is 69.6 Å². The molecule has 1 aliphatic rings. The van der Waals surface area contributed by atoms with Crippen molar-refractivity contribution in [1.82, 2.24) is 15.2 Å². The SMILES string of the molecule is CN(Cc1ccccc1)C(=O)c1cc(C(=O)NC2COC2)c[nH]c1=O. The first-order chi connectivity index (χ1) is 12.0. The molecule has 130 valence electrons. The van der Waals surface area contributed by atoms with Crippen LogP contribution in [0.15, 0.2) is 47.4 Å². The van der Waals surface area contributed by atoms with Crippen molar-refractivity contribution in [2.75, 3.05) is 20.3 Å². The number of benzene rings is 1. The number of aromatic amines is 1. The fourth-order valence-electron chi connectivity index (χ4n) is 2.50. The zero-order chi connectivity index (χ0) is 17.8. The van der Waals surface area contributed by atoms with Gasteiger partial charge in [0.2, 0.25) is 0 Å². The Morgan fingerprint density at radius 1 is 1.28 bits per heavy atom. The fourth-order valence-corrected chi connectivity index (χ4v) is 2.50. The summed E-state index contributed by atoms with van der Waals surface area (Å²) in [5.74, 6) is -0.781. The molecule has 7 heteroatoms. The number of rotatable bonds is 5. The molecule has 2 amide bonds. The van der Waals surface area contributed by atoms with E-state index in [9.17, 15) is 14.4 Å². The fraction of sp³-hybridized carbons (Fsp3) is 0.278. The summed E-state index contributed by atoms with van der Waals surface area (Å²) in [5, 5.41) is 2.78. The van der Waals surface area contributed by atoms with Crippen LogP contribution in [0.2, 0.25) is 0 Å². The first-order valence-electron chi connectivity index (χ1n) is 7.95. The number of aromatic nitrogens is 1. The number of nitrogens with one attached hydrogen (secondary N) is 2. The van der Waals surface area contributed by atoms with E-state index in [-0.39, 0.29) is 23.1 Å². The average molecular weight is 341 g/mol. The molecule has 0 spiro atoms. The number of ether oxygens (including phenoxy) is 1. The lowest BCUT2D eigenvalue weighted by atomic mass is 10.1. The van der Waals surface area contributed by atoms with Crippen molar-refractivity contribution in [1.29, 1.82) is 0 Å². The Hall–Kier alpha value is -2.93. The molecule has 25 heavy (non-hydrogen) atoms. The first kappa shape index (κ1) is 16.9. The Bertz CT molecular complexity index is 828. The van der Waals surface area contributed by atoms with Crippen molar-refractivity contribution in [2.45, 2.75) is 12.6 Å². The number of carbonyl (C=O) groups excluding carboxylic acids is 2. The van der Waals surface area contributed by atoms with Crippen LogP contribution >= 0.6 is 0 Å². The lowest BCUT2D eigenvalue weighted by molar-refractivity contribution is -0.00347. The minimum atomic E-state index is -0.520. The van der Waals surface area contributed by atoms with E-state index in [1.807, 2.05) is 30.3 Å². The Kier molecular flexibility index (Phi) is 4.95. The second-order valence-corrected chi connectivity index (χ2v) is 5.99. The number of hydrogen-bond acceptors (Lipinski definition) is 4. The monoisotopic (exact) mass is 341 g/mol. The van der Waals surface area contributed by atoms with Crippen molar-refractivity contribution in [2.24, 2.45) is 0 Å². The molecular formula is C18H19N3O4. The number of nitrogens with zero attached hydrogens (tertiary/aromatic N) is 1. The van der Waals surface area contributed by atoms with E-state index in [4.69, 9.17) is 4.74 Å². The molecule has 2 N–H and O–H groups in total. The smallest absolute Gasteiger partial charge is 0.260 e. The van der Waals surface area contributed by atoms with E-state index in [1.165, 1.54) is 17.2 Å². The molecule has 2 aromatic rings. The molecule has 0 saturated carbocycles. The van der Waals surface area contributed by atoms with Crippen LogP contribution in [0.3, 0.4) is 0 Å². The van der Waals surface area contributed by atoms with E-state index in [0.717, 1.165) is 5.56 Å². The average Bonchev–Trinajstić information content (AvgIpc) is 2.58. The van der Waals surface area contributed by atoms with Gasteiger partial charge in [-0.25, -0.2) is 0 Å². The summed E-state index contributed by atoms with van der Waals surface area (Å²) in [5.41, 5.74) is 0.612. The highest BCUT2D eigenvalue weighted by Gasteiger charge is 2.23. The topological polar surface area (TPSA) is 91.5 Å². The summed E-state index contributed by atoms with van der Waals surface area (Å²) >= 11 is 0. The molecule has 7 nitrogen and oxygen atoms in total. The van der Waals surface area contributed by atoms with Crippen LogP contribution in [0.25, 0.3) is 0 Å². The normalized spacial score (nSPS) is 13.8. The van der Waals surface area contributed by atoms with E-state index < -0.39 is 11.5 Å². The highest BCUT2D eigenvalue weighted by atomic mass is 16.5. The molecular weight excluding hydrogens is 322 g/mol. The van der Waals surface area contributed by atoms with Crippen molar-refractivity contribution in [3.63, 3.8) is 0 Å². The maximum Gasteiger partial charge on any atom is 0.260 e. The number of amides is 2. The van der Waals surface area contributed by atoms with Gasteiger partial charge in [-0.3, -0.25) is 14.4 Å². The van der Waals surface area contributed by atoms with E-state index in [2.05, 4.69) is 10.3 Å². The quantitative estimate of drug-likeness (QED) is 0.841. The van der Waals surface area contributed by atoms with Gasteiger partial charge < -0.3 is 19.9 Å². The molecule has 1 fully saturated rings. The third-order valence-corrected chi connectivity index (χ3v) is 3.98. The molecule has 1 aromatic carbocycles. The van der Waals surface area contributed by atoms with Crippen LogP contribution in [0.5, 0.6) is 0 Å². The second kappa shape index (κ2) is 7.31. The van der Waals surface area contributed by atoms with Gasteiger partial charge in [0.05, 0.1) is 24.8 Å². The van der Waals surface area contributed by atoms with Crippen molar-refractivity contribution >= 4 is 11.8 Å². The summed E-state index contributed by atoms with van der Waals surface area (Å²) in [6.45, 7) is 1.32. The summed E-state index contributed by atoms with van der Waals surface area (Å²) in [6, 6.07) is 10.8. The van der Waals surface area contributed by atoms with Gasteiger partial charge in [-0.1, -0.05) is 30.3 Å². The molecule has 2 heterocycles. The molecule has 1 aliphatic heterocycles. The third-order valence-electron chi connectivity index (χ3n) is 3.98. The minimum absolute atomic E-state index is 0.0284. The summed E-state index contributed by atoms with van der Waals surface area (Å²) in [6.07, 6.45) is 1.31. The van der Waals surface area contributed by atoms with Crippen LogP contribution in [-0.4, -0.2) is 48.0 Å². The zero-order valence-corrected chi connectivity index (χ0v) is 13.8. The van der Waals surface area contributed by atoms with Gasteiger partial charge in [0.15, 0.2) is 0 Å².